The third kappa shape index (κ3) is 3.05. The summed E-state index contributed by atoms with van der Waals surface area (Å²) < 4.78 is 10.3. The second-order valence-electron chi connectivity index (χ2n) is 2.61. The summed E-state index contributed by atoms with van der Waals surface area (Å²) in [6.07, 6.45) is 0. The van der Waals surface area contributed by atoms with E-state index < -0.39 is 0 Å². The van der Waals surface area contributed by atoms with E-state index in [2.05, 4.69) is 0 Å². The minimum atomic E-state index is 0.0291. The standard InChI is InChI=1S/C10H14O3/c1-12-8-9-4-2-3-5-10(9)13-7-6-11/h2-5,11H,6-8H2,1H3. The molecule has 1 aromatic carbocycles. The van der Waals surface area contributed by atoms with Gasteiger partial charge in [-0.3, -0.25) is 0 Å². The number of para-hydroxylation sites is 1. The third-order valence-corrected chi connectivity index (χ3v) is 1.62. The fourth-order valence-corrected chi connectivity index (χ4v) is 1.07. The van der Waals surface area contributed by atoms with Crippen molar-refractivity contribution in [2.24, 2.45) is 0 Å². The van der Waals surface area contributed by atoms with Gasteiger partial charge in [0.05, 0.1) is 13.2 Å². The maximum absolute atomic E-state index is 8.59. The molecule has 0 aromatic heterocycles. The van der Waals surface area contributed by atoms with Crippen LogP contribution < -0.4 is 4.74 Å². The highest BCUT2D eigenvalue weighted by Crippen LogP contribution is 2.18. The van der Waals surface area contributed by atoms with Crippen LogP contribution in [0.5, 0.6) is 5.75 Å². The van der Waals surface area contributed by atoms with Gasteiger partial charge >= 0.3 is 0 Å². The van der Waals surface area contributed by atoms with Crippen LogP contribution in [-0.2, 0) is 11.3 Å². The smallest absolute Gasteiger partial charge is 0.124 e. The first kappa shape index (κ1) is 10.0. The van der Waals surface area contributed by atoms with Crippen molar-refractivity contribution in [3.63, 3.8) is 0 Å². The van der Waals surface area contributed by atoms with Crippen LogP contribution in [0.2, 0.25) is 0 Å². The van der Waals surface area contributed by atoms with Gasteiger partial charge in [0.2, 0.25) is 0 Å². The molecule has 13 heavy (non-hydrogen) atoms. The van der Waals surface area contributed by atoms with Crippen LogP contribution in [0.4, 0.5) is 0 Å². The van der Waals surface area contributed by atoms with Crippen molar-refractivity contribution in [1.29, 1.82) is 0 Å². The molecule has 0 spiro atoms. The molecule has 0 radical (unpaired) electrons. The first-order valence-corrected chi connectivity index (χ1v) is 4.19. The van der Waals surface area contributed by atoms with Crippen LogP contribution in [0.1, 0.15) is 5.56 Å². The van der Waals surface area contributed by atoms with Crippen molar-refractivity contribution >= 4 is 0 Å². The normalized spacial score (nSPS) is 10.0. The van der Waals surface area contributed by atoms with Crippen molar-refractivity contribution in [3.05, 3.63) is 29.8 Å². The highest BCUT2D eigenvalue weighted by molar-refractivity contribution is 5.32. The highest BCUT2D eigenvalue weighted by Gasteiger charge is 2.00. The molecule has 1 N–H and O–H groups in total. The fourth-order valence-electron chi connectivity index (χ4n) is 1.07. The third-order valence-electron chi connectivity index (χ3n) is 1.62. The summed E-state index contributed by atoms with van der Waals surface area (Å²) in [6.45, 7) is 0.879. The molecule has 1 rings (SSSR count). The van der Waals surface area contributed by atoms with E-state index in [0.717, 1.165) is 11.3 Å². The summed E-state index contributed by atoms with van der Waals surface area (Å²) in [5.74, 6) is 0.776. The second-order valence-corrected chi connectivity index (χ2v) is 2.61. The lowest BCUT2D eigenvalue weighted by atomic mass is 10.2. The number of methoxy groups -OCH3 is 1. The Kier molecular flexibility index (Phi) is 4.29. The number of rotatable bonds is 5. The Hall–Kier alpha value is -1.06. The van der Waals surface area contributed by atoms with E-state index in [9.17, 15) is 0 Å². The van der Waals surface area contributed by atoms with Gasteiger partial charge in [0.15, 0.2) is 0 Å². The Labute approximate surface area is 77.9 Å². The predicted octanol–water partition coefficient (Wildman–Crippen LogP) is 1.20. The number of benzene rings is 1. The molecule has 0 saturated heterocycles. The predicted molar refractivity (Wildman–Crippen MR) is 49.7 cm³/mol. The summed E-state index contributed by atoms with van der Waals surface area (Å²) >= 11 is 0. The van der Waals surface area contributed by atoms with E-state index >= 15 is 0 Å². The lowest BCUT2D eigenvalue weighted by molar-refractivity contribution is 0.172. The molecule has 0 saturated carbocycles. The molecule has 0 aliphatic rings. The van der Waals surface area contributed by atoms with Crippen molar-refractivity contribution in [1.82, 2.24) is 0 Å². The maximum Gasteiger partial charge on any atom is 0.124 e. The van der Waals surface area contributed by atoms with E-state index in [0.29, 0.717) is 13.2 Å². The van der Waals surface area contributed by atoms with E-state index in [4.69, 9.17) is 14.6 Å². The molecular formula is C10H14O3. The molecule has 0 atom stereocenters. The average Bonchev–Trinajstić information content (AvgIpc) is 2.17. The molecule has 1 aromatic rings. The largest absolute Gasteiger partial charge is 0.491 e. The molecule has 0 heterocycles. The van der Waals surface area contributed by atoms with Crippen molar-refractivity contribution in [2.75, 3.05) is 20.3 Å². The number of ether oxygens (including phenoxy) is 2. The van der Waals surface area contributed by atoms with Crippen LogP contribution in [0.25, 0.3) is 0 Å². The van der Waals surface area contributed by atoms with Crippen LogP contribution >= 0.6 is 0 Å². The minimum Gasteiger partial charge on any atom is -0.491 e. The zero-order valence-corrected chi connectivity index (χ0v) is 7.69. The molecule has 72 valence electrons. The Bertz CT molecular complexity index is 248. The summed E-state index contributed by atoms with van der Waals surface area (Å²) in [6, 6.07) is 7.63. The summed E-state index contributed by atoms with van der Waals surface area (Å²) in [7, 11) is 1.64. The molecular weight excluding hydrogens is 168 g/mol. The molecule has 3 nitrogen and oxygen atoms in total. The summed E-state index contributed by atoms with van der Waals surface area (Å²) in [4.78, 5) is 0. The summed E-state index contributed by atoms with van der Waals surface area (Å²) in [5, 5.41) is 8.59. The van der Waals surface area contributed by atoms with Crippen molar-refractivity contribution in [3.8, 4) is 5.75 Å². The number of hydrogen-bond donors (Lipinski definition) is 1. The maximum atomic E-state index is 8.59. The summed E-state index contributed by atoms with van der Waals surface area (Å²) in [5.41, 5.74) is 0.999. The Morgan fingerprint density at radius 3 is 2.77 bits per heavy atom. The molecule has 0 aliphatic carbocycles. The Morgan fingerprint density at radius 1 is 1.31 bits per heavy atom. The van der Waals surface area contributed by atoms with Gasteiger partial charge in [0.25, 0.3) is 0 Å². The van der Waals surface area contributed by atoms with Crippen molar-refractivity contribution < 1.29 is 14.6 Å². The number of hydrogen-bond acceptors (Lipinski definition) is 3. The topological polar surface area (TPSA) is 38.7 Å². The first-order chi connectivity index (χ1) is 6.38. The zero-order valence-electron chi connectivity index (χ0n) is 7.69. The van der Waals surface area contributed by atoms with Crippen molar-refractivity contribution in [2.45, 2.75) is 6.61 Å². The van der Waals surface area contributed by atoms with Gasteiger partial charge in [-0.2, -0.15) is 0 Å². The number of aliphatic hydroxyl groups is 1. The van der Waals surface area contributed by atoms with Gasteiger partial charge in [-0.25, -0.2) is 0 Å². The van der Waals surface area contributed by atoms with Crippen LogP contribution in [-0.4, -0.2) is 25.4 Å². The second kappa shape index (κ2) is 5.56. The van der Waals surface area contributed by atoms with E-state index in [1.807, 2.05) is 24.3 Å². The zero-order chi connectivity index (χ0) is 9.52. The van der Waals surface area contributed by atoms with E-state index in [1.165, 1.54) is 0 Å². The van der Waals surface area contributed by atoms with Gasteiger partial charge in [0.1, 0.15) is 12.4 Å². The lowest BCUT2D eigenvalue weighted by Crippen LogP contribution is -2.04. The minimum absolute atomic E-state index is 0.0291. The Morgan fingerprint density at radius 2 is 2.08 bits per heavy atom. The van der Waals surface area contributed by atoms with Gasteiger partial charge in [-0.15, -0.1) is 0 Å². The van der Waals surface area contributed by atoms with E-state index in [-0.39, 0.29) is 6.61 Å². The van der Waals surface area contributed by atoms with Gasteiger partial charge in [0, 0.05) is 12.7 Å². The van der Waals surface area contributed by atoms with Gasteiger partial charge in [-0.1, -0.05) is 18.2 Å². The van der Waals surface area contributed by atoms with Gasteiger partial charge in [-0.05, 0) is 6.07 Å². The van der Waals surface area contributed by atoms with Gasteiger partial charge < -0.3 is 14.6 Å². The number of aliphatic hydroxyl groups excluding tert-OH is 1. The average molecular weight is 182 g/mol. The Balaban J connectivity index is 2.66. The van der Waals surface area contributed by atoms with E-state index in [1.54, 1.807) is 7.11 Å². The molecule has 0 amide bonds. The van der Waals surface area contributed by atoms with Crippen LogP contribution in [0.15, 0.2) is 24.3 Å². The molecule has 0 bridgehead atoms. The molecule has 0 fully saturated rings. The fraction of sp³-hybridized carbons (Fsp3) is 0.400. The van der Waals surface area contributed by atoms with Crippen LogP contribution in [0, 0.1) is 0 Å². The molecule has 0 aliphatic heterocycles. The SMILES string of the molecule is COCc1ccccc1OCCO. The highest BCUT2D eigenvalue weighted by atomic mass is 16.5. The molecule has 3 heteroatoms. The quantitative estimate of drug-likeness (QED) is 0.743. The van der Waals surface area contributed by atoms with Crippen LogP contribution in [0.3, 0.4) is 0 Å². The molecule has 0 unspecified atom stereocenters. The monoisotopic (exact) mass is 182 g/mol. The first-order valence-electron chi connectivity index (χ1n) is 4.19. The lowest BCUT2D eigenvalue weighted by Gasteiger charge is -2.09.